The minimum atomic E-state index is 0.243. The Kier molecular flexibility index (Phi) is 5.53. The van der Waals surface area contributed by atoms with Crippen LogP contribution in [-0.2, 0) is 4.79 Å². The number of likely N-dealkylation sites (tertiary alicyclic amines) is 2. The Hall–Kier alpha value is -0.610. The van der Waals surface area contributed by atoms with Gasteiger partial charge in [-0.2, -0.15) is 0 Å². The molecule has 3 fully saturated rings. The molecule has 1 N–H and O–H groups in total. The Bertz CT molecular complexity index is 335. The second kappa shape index (κ2) is 7.59. The monoisotopic (exact) mass is 293 g/mol. The maximum atomic E-state index is 11.9. The summed E-state index contributed by atoms with van der Waals surface area (Å²) in [4.78, 5) is 17.0. The summed E-state index contributed by atoms with van der Waals surface area (Å²) in [6, 6.07) is 0.496. The van der Waals surface area contributed by atoms with Gasteiger partial charge in [-0.15, -0.1) is 0 Å². The van der Waals surface area contributed by atoms with E-state index in [0.717, 1.165) is 19.0 Å². The minimum absolute atomic E-state index is 0.243. The van der Waals surface area contributed by atoms with Crippen LogP contribution in [0.25, 0.3) is 0 Å². The highest BCUT2D eigenvalue weighted by Gasteiger charge is 2.26. The first-order valence-corrected chi connectivity index (χ1v) is 9.03. The fourth-order valence-electron chi connectivity index (χ4n) is 3.83. The van der Waals surface area contributed by atoms with Crippen molar-refractivity contribution in [2.75, 3.05) is 39.3 Å². The van der Waals surface area contributed by atoms with E-state index in [-0.39, 0.29) is 5.91 Å². The lowest BCUT2D eigenvalue weighted by Crippen LogP contribution is -2.45. The Morgan fingerprint density at radius 2 is 1.62 bits per heavy atom. The highest BCUT2D eigenvalue weighted by atomic mass is 16.2. The number of rotatable bonds is 5. The van der Waals surface area contributed by atoms with Crippen LogP contribution < -0.4 is 5.32 Å². The predicted octanol–water partition coefficient (Wildman–Crippen LogP) is 1.85. The van der Waals surface area contributed by atoms with Crippen molar-refractivity contribution in [3.8, 4) is 0 Å². The molecule has 1 unspecified atom stereocenters. The second-order valence-electron chi connectivity index (χ2n) is 7.30. The molecule has 4 heteroatoms. The fourth-order valence-corrected chi connectivity index (χ4v) is 3.83. The van der Waals surface area contributed by atoms with Crippen molar-refractivity contribution in [2.45, 2.75) is 57.4 Å². The van der Waals surface area contributed by atoms with Gasteiger partial charge in [0.25, 0.3) is 0 Å². The maximum absolute atomic E-state index is 11.9. The average molecular weight is 293 g/mol. The lowest BCUT2D eigenvalue weighted by molar-refractivity contribution is -0.122. The molecule has 1 aliphatic carbocycles. The molecule has 1 atom stereocenters. The van der Waals surface area contributed by atoms with Gasteiger partial charge >= 0.3 is 0 Å². The summed E-state index contributed by atoms with van der Waals surface area (Å²) in [6.45, 7) is 6.67. The van der Waals surface area contributed by atoms with Crippen molar-refractivity contribution in [3.05, 3.63) is 0 Å². The zero-order valence-corrected chi connectivity index (χ0v) is 13.4. The van der Waals surface area contributed by atoms with Crippen LogP contribution in [-0.4, -0.2) is 61.0 Å². The van der Waals surface area contributed by atoms with Gasteiger partial charge in [-0.1, -0.05) is 12.8 Å². The molecular weight excluding hydrogens is 262 g/mol. The minimum Gasteiger partial charge on any atom is -0.352 e. The molecule has 0 aromatic heterocycles. The normalized spacial score (nSPS) is 29.0. The van der Waals surface area contributed by atoms with Gasteiger partial charge < -0.3 is 10.2 Å². The average Bonchev–Trinajstić information content (AvgIpc) is 3.27. The van der Waals surface area contributed by atoms with Crippen LogP contribution in [0.3, 0.4) is 0 Å². The largest absolute Gasteiger partial charge is 0.352 e. The number of carbonyl (C=O) groups is 1. The quantitative estimate of drug-likeness (QED) is 0.840. The summed E-state index contributed by atoms with van der Waals surface area (Å²) < 4.78 is 0. The van der Waals surface area contributed by atoms with E-state index in [9.17, 15) is 4.79 Å². The molecule has 120 valence electrons. The van der Waals surface area contributed by atoms with E-state index < -0.39 is 0 Å². The van der Waals surface area contributed by atoms with Gasteiger partial charge in [-0.25, -0.2) is 0 Å². The van der Waals surface area contributed by atoms with E-state index in [0.29, 0.717) is 12.6 Å². The zero-order valence-electron chi connectivity index (χ0n) is 13.4. The summed E-state index contributed by atoms with van der Waals surface area (Å²) in [6.07, 6.45) is 10.5. The number of piperidine rings is 1. The highest BCUT2D eigenvalue weighted by Crippen LogP contribution is 2.21. The molecule has 0 bridgehead atoms. The number of nitrogens with zero attached hydrogens (tertiary/aromatic N) is 2. The predicted molar refractivity (Wildman–Crippen MR) is 85.2 cm³/mol. The number of amides is 1. The number of hydrogen-bond donors (Lipinski definition) is 1. The molecule has 2 saturated heterocycles. The number of nitrogens with one attached hydrogen (secondary N) is 1. The maximum Gasteiger partial charge on any atom is 0.234 e. The van der Waals surface area contributed by atoms with E-state index >= 15 is 0 Å². The number of carbonyl (C=O) groups excluding carboxylic acids is 1. The third-order valence-electron chi connectivity index (χ3n) is 5.13. The van der Waals surface area contributed by atoms with E-state index in [1.807, 2.05) is 0 Å². The van der Waals surface area contributed by atoms with Crippen LogP contribution in [0.2, 0.25) is 0 Å². The van der Waals surface area contributed by atoms with Gasteiger partial charge in [-0.3, -0.25) is 9.69 Å². The molecule has 1 saturated carbocycles. The van der Waals surface area contributed by atoms with Crippen molar-refractivity contribution >= 4 is 5.91 Å². The molecule has 3 aliphatic rings. The topological polar surface area (TPSA) is 35.6 Å². The van der Waals surface area contributed by atoms with Gasteiger partial charge in [0.05, 0.1) is 6.54 Å². The summed E-state index contributed by atoms with van der Waals surface area (Å²) in [7, 11) is 0. The molecule has 1 amide bonds. The molecule has 0 aromatic rings. The standard InChI is InChI=1S/C17H31N3O/c21-17(18-16-7-8-16)14-20-11-5-6-15(13-20)12-19-9-3-1-2-4-10-19/h15-16H,1-14H2,(H,18,21). The Morgan fingerprint density at radius 1 is 0.905 bits per heavy atom. The van der Waals surface area contributed by atoms with E-state index in [4.69, 9.17) is 0 Å². The molecule has 3 rings (SSSR count). The van der Waals surface area contributed by atoms with Crippen LogP contribution in [0.5, 0.6) is 0 Å². The van der Waals surface area contributed by atoms with Crippen LogP contribution in [0.1, 0.15) is 51.4 Å². The van der Waals surface area contributed by atoms with Crippen LogP contribution in [0.4, 0.5) is 0 Å². The SMILES string of the molecule is O=C(CN1CCCC(CN2CCCCCC2)C1)NC1CC1. The number of hydrogen-bond acceptors (Lipinski definition) is 3. The van der Waals surface area contributed by atoms with Gasteiger partial charge in [0.15, 0.2) is 0 Å². The smallest absolute Gasteiger partial charge is 0.234 e. The van der Waals surface area contributed by atoms with Gasteiger partial charge in [-0.05, 0) is 64.1 Å². The molecule has 4 nitrogen and oxygen atoms in total. The summed E-state index contributed by atoms with van der Waals surface area (Å²) in [5.74, 6) is 1.01. The van der Waals surface area contributed by atoms with Crippen molar-refractivity contribution in [2.24, 2.45) is 5.92 Å². The highest BCUT2D eigenvalue weighted by molar-refractivity contribution is 5.78. The van der Waals surface area contributed by atoms with Crippen LogP contribution in [0, 0.1) is 5.92 Å². The summed E-state index contributed by atoms with van der Waals surface area (Å²) >= 11 is 0. The zero-order chi connectivity index (χ0) is 14.5. The van der Waals surface area contributed by atoms with Gasteiger partial charge in [0, 0.05) is 19.1 Å². The summed E-state index contributed by atoms with van der Waals surface area (Å²) in [5.41, 5.74) is 0. The summed E-state index contributed by atoms with van der Waals surface area (Å²) in [5, 5.41) is 3.11. The lowest BCUT2D eigenvalue weighted by atomic mass is 9.97. The van der Waals surface area contributed by atoms with Crippen LogP contribution in [0.15, 0.2) is 0 Å². The molecule has 2 heterocycles. The van der Waals surface area contributed by atoms with Gasteiger partial charge in [0.2, 0.25) is 5.91 Å². The van der Waals surface area contributed by atoms with Crippen LogP contribution >= 0.6 is 0 Å². The Balaban J connectivity index is 1.40. The molecule has 21 heavy (non-hydrogen) atoms. The van der Waals surface area contributed by atoms with E-state index in [2.05, 4.69) is 15.1 Å². The van der Waals surface area contributed by atoms with Gasteiger partial charge in [0.1, 0.15) is 0 Å². The molecular formula is C17H31N3O. The fraction of sp³-hybridized carbons (Fsp3) is 0.941. The van der Waals surface area contributed by atoms with Crippen molar-refractivity contribution in [1.82, 2.24) is 15.1 Å². The first kappa shape index (κ1) is 15.3. The van der Waals surface area contributed by atoms with Crippen molar-refractivity contribution in [3.63, 3.8) is 0 Å². The van der Waals surface area contributed by atoms with E-state index in [1.54, 1.807) is 0 Å². The van der Waals surface area contributed by atoms with Crippen molar-refractivity contribution in [1.29, 1.82) is 0 Å². The lowest BCUT2D eigenvalue weighted by Gasteiger charge is -2.35. The molecule has 0 radical (unpaired) electrons. The molecule has 0 aromatic carbocycles. The first-order chi connectivity index (χ1) is 10.3. The third kappa shape index (κ3) is 5.26. The molecule has 0 spiro atoms. The van der Waals surface area contributed by atoms with Crippen molar-refractivity contribution < 1.29 is 4.79 Å². The third-order valence-corrected chi connectivity index (χ3v) is 5.13. The second-order valence-corrected chi connectivity index (χ2v) is 7.30. The Labute approximate surface area is 129 Å². The first-order valence-electron chi connectivity index (χ1n) is 9.03. The molecule has 2 aliphatic heterocycles. The Morgan fingerprint density at radius 3 is 2.33 bits per heavy atom. The van der Waals surface area contributed by atoms with E-state index in [1.165, 1.54) is 71.0 Å².